The lowest BCUT2D eigenvalue weighted by Gasteiger charge is -2.10. The SMILES string of the molecule is O=[N+]([O-])c1cccc(-c2csc(=Nc3ccccc3[N+](=O)[O-])n2Cc2ccc(F)cc2)c1. The molecule has 0 saturated carbocycles. The van der Waals surface area contributed by atoms with E-state index in [2.05, 4.69) is 4.99 Å². The second-order valence-corrected chi connectivity index (χ2v) is 7.62. The summed E-state index contributed by atoms with van der Waals surface area (Å²) in [6.45, 7) is 0.293. The number of rotatable bonds is 6. The Morgan fingerprint density at radius 2 is 1.69 bits per heavy atom. The third kappa shape index (κ3) is 4.44. The van der Waals surface area contributed by atoms with Gasteiger partial charge in [-0.25, -0.2) is 9.38 Å². The van der Waals surface area contributed by atoms with E-state index in [0.717, 1.165) is 5.56 Å². The average molecular weight is 450 g/mol. The highest BCUT2D eigenvalue weighted by molar-refractivity contribution is 7.07. The second kappa shape index (κ2) is 8.90. The summed E-state index contributed by atoms with van der Waals surface area (Å²) in [6.07, 6.45) is 0. The number of nitro benzene ring substituents is 2. The van der Waals surface area contributed by atoms with E-state index in [0.29, 0.717) is 22.6 Å². The van der Waals surface area contributed by atoms with Crippen LogP contribution in [-0.4, -0.2) is 14.4 Å². The van der Waals surface area contributed by atoms with E-state index in [9.17, 15) is 24.6 Å². The predicted octanol–water partition coefficient (Wildman–Crippen LogP) is 5.45. The minimum atomic E-state index is -0.502. The number of non-ortho nitro benzene ring substituents is 1. The molecule has 4 rings (SSSR count). The van der Waals surface area contributed by atoms with Gasteiger partial charge in [0.25, 0.3) is 11.4 Å². The number of nitro groups is 2. The van der Waals surface area contributed by atoms with E-state index >= 15 is 0 Å². The number of para-hydroxylation sites is 2. The van der Waals surface area contributed by atoms with Gasteiger partial charge in [0.1, 0.15) is 11.5 Å². The molecule has 0 aliphatic carbocycles. The maximum absolute atomic E-state index is 13.4. The summed E-state index contributed by atoms with van der Waals surface area (Å²) in [7, 11) is 0. The molecule has 4 aromatic rings. The Bertz CT molecular complexity index is 1380. The highest BCUT2D eigenvalue weighted by Crippen LogP contribution is 2.28. The lowest BCUT2D eigenvalue weighted by molar-refractivity contribution is -0.384. The molecule has 0 amide bonds. The molecule has 0 atom stereocenters. The third-order valence-electron chi connectivity index (χ3n) is 4.70. The van der Waals surface area contributed by atoms with E-state index in [-0.39, 0.29) is 22.9 Å². The fourth-order valence-electron chi connectivity index (χ4n) is 3.17. The molecule has 1 aromatic heterocycles. The summed E-state index contributed by atoms with van der Waals surface area (Å²) >= 11 is 1.25. The Balaban J connectivity index is 1.90. The first-order valence-electron chi connectivity index (χ1n) is 9.38. The maximum Gasteiger partial charge on any atom is 0.294 e. The number of benzene rings is 3. The summed E-state index contributed by atoms with van der Waals surface area (Å²) < 4.78 is 15.2. The van der Waals surface area contributed by atoms with Crippen LogP contribution in [0.1, 0.15) is 5.56 Å². The molecule has 10 heteroatoms. The predicted molar refractivity (Wildman–Crippen MR) is 118 cm³/mol. The molecule has 0 bridgehead atoms. The number of aromatic nitrogens is 1. The van der Waals surface area contributed by atoms with Gasteiger partial charge in [0.15, 0.2) is 4.80 Å². The zero-order chi connectivity index (χ0) is 22.7. The largest absolute Gasteiger partial charge is 0.312 e. The van der Waals surface area contributed by atoms with Crippen molar-refractivity contribution in [3.8, 4) is 11.3 Å². The van der Waals surface area contributed by atoms with E-state index < -0.39 is 9.85 Å². The molecular formula is C22H15FN4O4S. The first-order valence-corrected chi connectivity index (χ1v) is 10.3. The quantitative estimate of drug-likeness (QED) is 0.288. The van der Waals surface area contributed by atoms with Crippen molar-refractivity contribution in [2.75, 3.05) is 0 Å². The van der Waals surface area contributed by atoms with Crippen LogP contribution in [0.15, 0.2) is 83.2 Å². The summed E-state index contributed by atoms with van der Waals surface area (Å²) in [5.74, 6) is -0.368. The molecule has 0 fully saturated rings. The monoisotopic (exact) mass is 450 g/mol. The van der Waals surface area contributed by atoms with Gasteiger partial charge in [-0.3, -0.25) is 20.2 Å². The number of hydrogen-bond acceptors (Lipinski definition) is 6. The van der Waals surface area contributed by atoms with Crippen LogP contribution < -0.4 is 4.80 Å². The zero-order valence-electron chi connectivity index (χ0n) is 16.4. The standard InChI is InChI=1S/C22H15FN4O4S/c23-17-10-8-15(9-11-17)13-25-21(16-4-3-5-18(12-16)26(28)29)14-32-22(25)24-19-6-1-2-7-20(19)27(30)31/h1-12,14H,13H2. The van der Waals surface area contributed by atoms with Crippen molar-refractivity contribution in [3.63, 3.8) is 0 Å². The van der Waals surface area contributed by atoms with Crippen molar-refractivity contribution in [1.29, 1.82) is 0 Å². The summed E-state index contributed by atoms with van der Waals surface area (Å²) in [6, 6.07) is 18.3. The van der Waals surface area contributed by atoms with Crippen LogP contribution >= 0.6 is 11.3 Å². The fourth-order valence-corrected chi connectivity index (χ4v) is 4.09. The van der Waals surface area contributed by atoms with Crippen molar-refractivity contribution >= 4 is 28.4 Å². The van der Waals surface area contributed by atoms with Crippen molar-refractivity contribution < 1.29 is 14.2 Å². The molecule has 0 N–H and O–H groups in total. The van der Waals surface area contributed by atoms with E-state index in [1.54, 1.807) is 52.4 Å². The molecule has 1 heterocycles. The lowest BCUT2D eigenvalue weighted by Crippen LogP contribution is -2.17. The van der Waals surface area contributed by atoms with Crippen LogP contribution in [-0.2, 0) is 6.54 Å². The smallest absolute Gasteiger partial charge is 0.294 e. The molecule has 0 saturated heterocycles. The molecule has 0 aliphatic rings. The Kier molecular flexibility index (Phi) is 5.86. The Hall–Kier alpha value is -4.18. The highest BCUT2D eigenvalue weighted by atomic mass is 32.1. The number of halogens is 1. The van der Waals surface area contributed by atoms with Gasteiger partial charge in [-0.2, -0.15) is 0 Å². The minimum absolute atomic E-state index is 0.0563. The maximum atomic E-state index is 13.4. The van der Waals surface area contributed by atoms with Gasteiger partial charge in [0.05, 0.1) is 22.1 Å². The molecule has 0 radical (unpaired) electrons. The number of nitrogens with zero attached hydrogens (tertiary/aromatic N) is 4. The molecule has 32 heavy (non-hydrogen) atoms. The topological polar surface area (TPSA) is 104 Å². The Labute approximate surface area is 184 Å². The summed E-state index contributed by atoms with van der Waals surface area (Å²) in [5, 5.41) is 24.4. The van der Waals surface area contributed by atoms with Gasteiger partial charge in [0.2, 0.25) is 0 Å². The van der Waals surface area contributed by atoms with Gasteiger partial charge in [0, 0.05) is 29.1 Å². The molecule has 3 aromatic carbocycles. The van der Waals surface area contributed by atoms with Crippen molar-refractivity contribution in [1.82, 2.24) is 4.57 Å². The van der Waals surface area contributed by atoms with Gasteiger partial charge in [-0.05, 0) is 23.8 Å². The second-order valence-electron chi connectivity index (χ2n) is 6.78. The summed E-state index contributed by atoms with van der Waals surface area (Å²) in [4.78, 5) is 26.6. The molecule has 0 aliphatic heterocycles. The average Bonchev–Trinajstić information content (AvgIpc) is 3.17. The molecule has 0 unspecified atom stereocenters. The summed E-state index contributed by atoms with van der Waals surface area (Å²) in [5.41, 5.74) is 2.03. The fraction of sp³-hybridized carbons (Fsp3) is 0.0455. The highest BCUT2D eigenvalue weighted by Gasteiger charge is 2.15. The number of hydrogen-bond donors (Lipinski definition) is 0. The first kappa shape index (κ1) is 21.1. The van der Waals surface area contributed by atoms with E-state index in [1.807, 2.05) is 0 Å². The lowest BCUT2D eigenvalue weighted by atomic mass is 10.1. The van der Waals surface area contributed by atoms with Gasteiger partial charge in [-0.15, -0.1) is 11.3 Å². The van der Waals surface area contributed by atoms with E-state index in [1.165, 1.54) is 41.7 Å². The van der Waals surface area contributed by atoms with Gasteiger partial charge >= 0.3 is 0 Å². The van der Waals surface area contributed by atoms with Crippen LogP contribution in [0.3, 0.4) is 0 Å². The Morgan fingerprint density at radius 1 is 0.938 bits per heavy atom. The minimum Gasteiger partial charge on any atom is -0.312 e. The van der Waals surface area contributed by atoms with Crippen molar-refractivity contribution in [2.45, 2.75) is 6.54 Å². The first-order chi connectivity index (χ1) is 15.4. The van der Waals surface area contributed by atoms with Crippen molar-refractivity contribution in [3.05, 3.63) is 115 Å². The normalized spacial score (nSPS) is 11.5. The third-order valence-corrected chi connectivity index (χ3v) is 5.56. The van der Waals surface area contributed by atoms with Crippen LogP contribution in [0.4, 0.5) is 21.5 Å². The molecular weight excluding hydrogens is 435 g/mol. The van der Waals surface area contributed by atoms with Crippen LogP contribution in [0, 0.1) is 26.0 Å². The number of thiazole rings is 1. The van der Waals surface area contributed by atoms with Gasteiger partial charge in [-0.1, -0.05) is 36.4 Å². The van der Waals surface area contributed by atoms with Crippen LogP contribution in [0.25, 0.3) is 11.3 Å². The van der Waals surface area contributed by atoms with E-state index in [4.69, 9.17) is 0 Å². The van der Waals surface area contributed by atoms with Gasteiger partial charge < -0.3 is 4.57 Å². The van der Waals surface area contributed by atoms with Crippen LogP contribution in [0.2, 0.25) is 0 Å². The molecule has 0 spiro atoms. The van der Waals surface area contributed by atoms with Crippen molar-refractivity contribution in [2.24, 2.45) is 4.99 Å². The molecule has 8 nitrogen and oxygen atoms in total. The Morgan fingerprint density at radius 3 is 2.41 bits per heavy atom. The van der Waals surface area contributed by atoms with Crippen LogP contribution in [0.5, 0.6) is 0 Å². The zero-order valence-corrected chi connectivity index (χ0v) is 17.2. The molecule has 160 valence electrons.